The standard InChI is InChI=1S/C13H21NO2/c1-4-14(7-8-16-3)13-6-5-12(10-15)11(2)9-13/h5-6,9,15H,4,7-8,10H2,1-3H3. The van der Waals surface area contributed by atoms with Crippen molar-refractivity contribution in [2.75, 3.05) is 31.7 Å². The smallest absolute Gasteiger partial charge is 0.0684 e. The van der Waals surface area contributed by atoms with Gasteiger partial charge in [0.05, 0.1) is 13.2 Å². The summed E-state index contributed by atoms with van der Waals surface area (Å²) in [7, 11) is 1.72. The molecule has 90 valence electrons. The minimum absolute atomic E-state index is 0.107. The monoisotopic (exact) mass is 223 g/mol. The number of rotatable bonds is 6. The third-order valence-corrected chi connectivity index (χ3v) is 2.81. The fourth-order valence-corrected chi connectivity index (χ4v) is 1.73. The van der Waals surface area contributed by atoms with E-state index < -0.39 is 0 Å². The van der Waals surface area contributed by atoms with Gasteiger partial charge >= 0.3 is 0 Å². The second kappa shape index (κ2) is 6.51. The van der Waals surface area contributed by atoms with Crippen LogP contribution in [-0.4, -0.2) is 31.9 Å². The molecule has 0 aromatic heterocycles. The molecule has 16 heavy (non-hydrogen) atoms. The maximum atomic E-state index is 9.11. The highest BCUT2D eigenvalue weighted by Crippen LogP contribution is 2.19. The molecule has 1 aromatic carbocycles. The maximum absolute atomic E-state index is 9.11. The van der Waals surface area contributed by atoms with E-state index in [0.29, 0.717) is 0 Å². The molecule has 3 heteroatoms. The van der Waals surface area contributed by atoms with Gasteiger partial charge in [0, 0.05) is 25.9 Å². The second-order valence-corrected chi connectivity index (χ2v) is 3.84. The van der Waals surface area contributed by atoms with Gasteiger partial charge in [-0.15, -0.1) is 0 Å². The Kier molecular flexibility index (Phi) is 5.29. The molecular formula is C13H21NO2. The first-order chi connectivity index (χ1) is 7.72. The molecule has 0 aliphatic rings. The number of nitrogens with zero attached hydrogens (tertiary/aromatic N) is 1. The van der Waals surface area contributed by atoms with Crippen LogP contribution in [0.4, 0.5) is 5.69 Å². The highest BCUT2D eigenvalue weighted by atomic mass is 16.5. The van der Waals surface area contributed by atoms with E-state index in [9.17, 15) is 0 Å². The zero-order chi connectivity index (χ0) is 12.0. The Bertz CT molecular complexity index is 326. The number of benzene rings is 1. The van der Waals surface area contributed by atoms with Gasteiger partial charge in [-0.1, -0.05) is 6.07 Å². The quantitative estimate of drug-likeness (QED) is 0.800. The Morgan fingerprint density at radius 2 is 2.12 bits per heavy atom. The van der Waals surface area contributed by atoms with E-state index in [1.54, 1.807) is 7.11 Å². The van der Waals surface area contributed by atoms with Crippen molar-refractivity contribution in [1.82, 2.24) is 0 Å². The summed E-state index contributed by atoms with van der Waals surface area (Å²) in [5.74, 6) is 0. The molecule has 0 unspecified atom stereocenters. The Balaban J connectivity index is 2.80. The van der Waals surface area contributed by atoms with Crippen molar-refractivity contribution in [1.29, 1.82) is 0 Å². The number of anilines is 1. The van der Waals surface area contributed by atoms with Crippen molar-refractivity contribution in [3.8, 4) is 0 Å². The first-order valence-corrected chi connectivity index (χ1v) is 5.67. The van der Waals surface area contributed by atoms with Gasteiger partial charge in [-0.3, -0.25) is 0 Å². The lowest BCUT2D eigenvalue weighted by molar-refractivity contribution is 0.205. The van der Waals surface area contributed by atoms with Gasteiger partial charge in [0.15, 0.2) is 0 Å². The van der Waals surface area contributed by atoms with Crippen molar-refractivity contribution < 1.29 is 9.84 Å². The van der Waals surface area contributed by atoms with E-state index in [1.807, 2.05) is 13.0 Å². The highest BCUT2D eigenvalue weighted by Gasteiger charge is 2.05. The second-order valence-electron chi connectivity index (χ2n) is 3.84. The molecule has 0 spiro atoms. The summed E-state index contributed by atoms with van der Waals surface area (Å²) in [5, 5.41) is 9.11. The van der Waals surface area contributed by atoms with Crippen LogP contribution in [0, 0.1) is 6.92 Å². The number of aliphatic hydroxyl groups is 1. The number of aliphatic hydroxyl groups excluding tert-OH is 1. The molecule has 0 amide bonds. The largest absolute Gasteiger partial charge is 0.392 e. The SMILES string of the molecule is CCN(CCOC)c1ccc(CO)c(C)c1. The minimum atomic E-state index is 0.107. The van der Waals surface area contributed by atoms with Gasteiger partial charge in [-0.05, 0) is 37.1 Å². The van der Waals surface area contributed by atoms with Crippen LogP contribution in [0.1, 0.15) is 18.1 Å². The summed E-state index contributed by atoms with van der Waals surface area (Å²) < 4.78 is 5.09. The number of methoxy groups -OCH3 is 1. The van der Waals surface area contributed by atoms with Crippen LogP contribution in [0.25, 0.3) is 0 Å². The summed E-state index contributed by atoms with van der Waals surface area (Å²) in [5.41, 5.74) is 3.32. The maximum Gasteiger partial charge on any atom is 0.0684 e. The van der Waals surface area contributed by atoms with Crippen LogP contribution in [0.5, 0.6) is 0 Å². The summed E-state index contributed by atoms with van der Waals surface area (Å²) in [6.45, 7) is 6.85. The Morgan fingerprint density at radius 3 is 2.62 bits per heavy atom. The zero-order valence-electron chi connectivity index (χ0n) is 10.4. The molecule has 1 rings (SSSR count). The molecule has 0 aliphatic carbocycles. The molecule has 0 saturated heterocycles. The van der Waals surface area contributed by atoms with Crippen LogP contribution in [0.2, 0.25) is 0 Å². The average Bonchev–Trinajstić information content (AvgIpc) is 2.30. The van der Waals surface area contributed by atoms with Crippen LogP contribution < -0.4 is 4.90 Å². The van der Waals surface area contributed by atoms with Crippen molar-refractivity contribution in [2.45, 2.75) is 20.5 Å². The third-order valence-electron chi connectivity index (χ3n) is 2.81. The van der Waals surface area contributed by atoms with E-state index in [2.05, 4.69) is 24.0 Å². The first-order valence-electron chi connectivity index (χ1n) is 5.67. The van der Waals surface area contributed by atoms with Crippen LogP contribution in [0.3, 0.4) is 0 Å². The highest BCUT2D eigenvalue weighted by molar-refractivity contribution is 5.50. The summed E-state index contributed by atoms with van der Waals surface area (Å²) in [6.07, 6.45) is 0. The van der Waals surface area contributed by atoms with Crippen molar-refractivity contribution >= 4 is 5.69 Å². The molecule has 0 aliphatic heterocycles. The molecule has 1 aromatic rings. The molecule has 0 heterocycles. The van der Waals surface area contributed by atoms with Crippen molar-refractivity contribution in [3.63, 3.8) is 0 Å². The predicted octanol–water partition coefficient (Wildman–Crippen LogP) is 1.96. The van der Waals surface area contributed by atoms with Crippen LogP contribution >= 0.6 is 0 Å². The number of likely N-dealkylation sites (N-methyl/N-ethyl adjacent to an activating group) is 1. The molecule has 0 saturated carbocycles. The molecule has 0 radical (unpaired) electrons. The molecular weight excluding hydrogens is 202 g/mol. The van der Waals surface area contributed by atoms with Crippen LogP contribution in [0.15, 0.2) is 18.2 Å². The molecule has 3 nitrogen and oxygen atoms in total. The Morgan fingerprint density at radius 1 is 1.38 bits per heavy atom. The van der Waals surface area contributed by atoms with E-state index in [4.69, 9.17) is 9.84 Å². The minimum Gasteiger partial charge on any atom is -0.392 e. The average molecular weight is 223 g/mol. The Labute approximate surface area is 97.7 Å². The van der Waals surface area contributed by atoms with E-state index >= 15 is 0 Å². The topological polar surface area (TPSA) is 32.7 Å². The van der Waals surface area contributed by atoms with Gasteiger partial charge in [0.2, 0.25) is 0 Å². The van der Waals surface area contributed by atoms with Gasteiger partial charge in [-0.25, -0.2) is 0 Å². The van der Waals surface area contributed by atoms with Crippen LogP contribution in [-0.2, 0) is 11.3 Å². The van der Waals surface area contributed by atoms with E-state index in [-0.39, 0.29) is 6.61 Å². The molecule has 0 atom stereocenters. The van der Waals surface area contributed by atoms with Gasteiger partial charge in [-0.2, -0.15) is 0 Å². The summed E-state index contributed by atoms with van der Waals surface area (Å²) in [4.78, 5) is 2.26. The third kappa shape index (κ3) is 3.22. The Hall–Kier alpha value is -1.06. The van der Waals surface area contributed by atoms with Gasteiger partial charge in [0.25, 0.3) is 0 Å². The zero-order valence-corrected chi connectivity index (χ0v) is 10.4. The summed E-state index contributed by atoms with van der Waals surface area (Å²) in [6, 6.07) is 6.16. The van der Waals surface area contributed by atoms with E-state index in [0.717, 1.165) is 30.8 Å². The first kappa shape index (κ1) is 13.0. The lowest BCUT2D eigenvalue weighted by atomic mass is 10.1. The van der Waals surface area contributed by atoms with Gasteiger partial charge in [0.1, 0.15) is 0 Å². The number of ether oxygens (including phenoxy) is 1. The van der Waals surface area contributed by atoms with Crippen molar-refractivity contribution in [2.24, 2.45) is 0 Å². The summed E-state index contributed by atoms with van der Waals surface area (Å²) >= 11 is 0. The number of hydrogen-bond donors (Lipinski definition) is 1. The fourth-order valence-electron chi connectivity index (χ4n) is 1.73. The van der Waals surface area contributed by atoms with E-state index in [1.165, 1.54) is 5.69 Å². The number of aryl methyl sites for hydroxylation is 1. The molecule has 1 N–H and O–H groups in total. The molecule has 0 fully saturated rings. The normalized spacial score (nSPS) is 10.5. The molecule has 0 bridgehead atoms. The van der Waals surface area contributed by atoms with Gasteiger partial charge < -0.3 is 14.7 Å². The van der Waals surface area contributed by atoms with Crippen molar-refractivity contribution in [3.05, 3.63) is 29.3 Å². The lowest BCUT2D eigenvalue weighted by Gasteiger charge is -2.23. The fraction of sp³-hybridized carbons (Fsp3) is 0.538. The predicted molar refractivity (Wildman–Crippen MR) is 66.9 cm³/mol. The lowest BCUT2D eigenvalue weighted by Crippen LogP contribution is -2.26. The number of hydrogen-bond acceptors (Lipinski definition) is 3.